The first-order valence-corrected chi connectivity index (χ1v) is 7.10. The number of methoxy groups -OCH3 is 1. The number of terminal acetylenes is 1. The molecule has 8 heteroatoms. The molecule has 0 fully saturated rings. The molecule has 0 radical (unpaired) electrons. The smallest absolute Gasteiger partial charge is 0.337 e. The standard InChI is InChI=1S/C13H13NO6S/c1-3-7-14(9-12(15)16)21(18,19)11-6-4-5-10(8-11)13(17)20-2/h1,4-6,8H,7,9H2,2H3,(H,15,16). The highest BCUT2D eigenvalue weighted by Crippen LogP contribution is 2.17. The minimum Gasteiger partial charge on any atom is -0.480 e. The van der Waals surface area contributed by atoms with Crippen molar-refractivity contribution < 1.29 is 27.9 Å². The average Bonchev–Trinajstić information content (AvgIpc) is 2.45. The Labute approximate surface area is 122 Å². The Morgan fingerprint density at radius 1 is 1.43 bits per heavy atom. The summed E-state index contributed by atoms with van der Waals surface area (Å²) in [7, 11) is -2.96. The van der Waals surface area contributed by atoms with Gasteiger partial charge in [0.15, 0.2) is 0 Å². The fourth-order valence-corrected chi connectivity index (χ4v) is 2.88. The van der Waals surface area contributed by atoms with E-state index < -0.39 is 35.1 Å². The Bertz CT molecular complexity index is 689. The van der Waals surface area contributed by atoms with Crippen LogP contribution in [0.2, 0.25) is 0 Å². The molecule has 7 nitrogen and oxygen atoms in total. The molecular formula is C13H13NO6S. The Hall–Kier alpha value is -2.37. The van der Waals surface area contributed by atoms with Gasteiger partial charge in [0.1, 0.15) is 6.54 Å². The van der Waals surface area contributed by atoms with E-state index in [0.717, 1.165) is 6.07 Å². The van der Waals surface area contributed by atoms with Gasteiger partial charge in [0.2, 0.25) is 10.0 Å². The second kappa shape index (κ2) is 6.88. The van der Waals surface area contributed by atoms with E-state index in [1.54, 1.807) is 0 Å². The number of rotatable bonds is 6. The Morgan fingerprint density at radius 3 is 2.62 bits per heavy atom. The molecule has 1 N–H and O–H groups in total. The Balaban J connectivity index is 3.25. The highest BCUT2D eigenvalue weighted by molar-refractivity contribution is 7.89. The zero-order valence-electron chi connectivity index (χ0n) is 11.1. The van der Waals surface area contributed by atoms with Crippen molar-refractivity contribution in [3.63, 3.8) is 0 Å². The largest absolute Gasteiger partial charge is 0.480 e. The summed E-state index contributed by atoms with van der Waals surface area (Å²) in [4.78, 5) is 21.9. The van der Waals surface area contributed by atoms with Gasteiger partial charge in [0, 0.05) is 0 Å². The lowest BCUT2D eigenvalue weighted by Crippen LogP contribution is -2.36. The van der Waals surface area contributed by atoms with Gasteiger partial charge in [-0.2, -0.15) is 4.31 Å². The molecular weight excluding hydrogens is 298 g/mol. The molecule has 0 bridgehead atoms. The zero-order valence-corrected chi connectivity index (χ0v) is 12.0. The number of aliphatic carboxylic acids is 1. The van der Waals surface area contributed by atoms with Crippen LogP contribution in [0.1, 0.15) is 10.4 Å². The summed E-state index contributed by atoms with van der Waals surface area (Å²) in [5.41, 5.74) is 0.0366. The highest BCUT2D eigenvalue weighted by atomic mass is 32.2. The third-order valence-electron chi connectivity index (χ3n) is 2.47. The van der Waals surface area contributed by atoms with E-state index in [-0.39, 0.29) is 10.5 Å². The van der Waals surface area contributed by atoms with Gasteiger partial charge in [-0.05, 0) is 18.2 Å². The van der Waals surface area contributed by atoms with Gasteiger partial charge < -0.3 is 9.84 Å². The third kappa shape index (κ3) is 4.05. The first-order chi connectivity index (χ1) is 9.82. The predicted octanol–water partition coefficient (Wildman–Crippen LogP) is 0.182. The summed E-state index contributed by atoms with van der Waals surface area (Å²) < 4.78 is 29.8. The quantitative estimate of drug-likeness (QED) is 0.594. The maximum atomic E-state index is 12.3. The molecule has 1 rings (SSSR count). The predicted molar refractivity (Wildman–Crippen MR) is 73.0 cm³/mol. The summed E-state index contributed by atoms with van der Waals surface area (Å²) in [6.07, 6.45) is 5.06. The molecule has 1 aromatic rings. The number of carbonyl (C=O) groups is 2. The number of carbonyl (C=O) groups excluding carboxylic acids is 1. The number of carboxylic acids is 1. The van der Waals surface area contributed by atoms with E-state index in [1.807, 2.05) is 0 Å². The number of sulfonamides is 1. The van der Waals surface area contributed by atoms with Gasteiger partial charge in [-0.3, -0.25) is 4.79 Å². The minimum atomic E-state index is -4.12. The maximum Gasteiger partial charge on any atom is 0.337 e. The lowest BCUT2D eigenvalue weighted by Gasteiger charge is -2.18. The van der Waals surface area contributed by atoms with E-state index in [9.17, 15) is 18.0 Å². The van der Waals surface area contributed by atoms with Crippen LogP contribution < -0.4 is 0 Å². The number of esters is 1. The van der Waals surface area contributed by atoms with Crippen LogP contribution in [0.3, 0.4) is 0 Å². The molecule has 0 saturated heterocycles. The summed E-state index contributed by atoms with van der Waals surface area (Å²) >= 11 is 0. The van der Waals surface area contributed by atoms with Crippen LogP contribution in [0.25, 0.3) is 0 Å². The molecule has 0 aliphatic rings. The summed E-state index contributed by atoms with van der Waals surface area (Å²) in [6, 6.07) is 5.08. The van der Waals surface area contributed by atoms with E-state index in [2.05, 4.69) is 10.7 Å². The number of nitrogens with zero attached hydrogens (tertiary/aromatic N) is 1. The van der Waals surface area contributed by atoms with Crippen LogP contribution in [0.4, 0.5) is 0 Å². The molecule has 0 saturated carbocycles. The molecule has 0 aromatic heterocycles. The molecule has 0 heterocycles. The minimum absolute atomic E-state index is 0.0366. The molecule has 1 aromatic carbocycles. The maximum absolute atomic E-state index is 12.3. The SMILES string of the molecule is C#CCN(CC(=O)O)S(=O)(=O)c1cccc(C(=O)OC)c1. The topological polar surface area (TPSA) is 101 Å². The van der Waals surface area contributed by atoms with Crippen LogP contribution in [0.5, 0.6) is 0 Å². The van der Waals surface area contributed by atoms with Crippen LogP contribution in [-0.4, -0.2) is 50.0 Å². The van der Waals surface area contributed by atoms with Crippen molar-refractivity contribution in [1.29, 1.82) is 0 Å². The molecule has 0 unspecified atom stereocenters. The average molecular weight is 311 g/mol. The van der Waals surface area contributed by atoms with Crippen LogP contribution in [0, 0.1) is 12.3 Å². The molecule has 0 spiro atoms. The number of hydrogen-bond donors (Lipinski definition) is 1. The van der Waals surface area contributed by atoms with Crippen molar-refractivity contribution in [2.75, 3.05) is 20.2 Å². The monoisotopic (exact) mass is 311 g/mol. The van der Waals surface area contributed by atoms with Crippen molar-refractivity contribution in [3.05, 3.63) is 29.8 Å². The molecule has 21 heavy (non-hydrogen) atoms. The number of carboxylic acid groups (broad SMARTS) is 1. The van der Waals surface area contributed by atoms with Crippen molar-refractivity contribution in [2.24, 2.45) is 0 Å². The second-order valence-corrected chi connectivity index (χ2v) is 5.83. The number of ether oxygens (including phenoxy) is 1. The molecule has 112 valence electrons. The Kier molecular flexibility index (Phi) is 5.46. The number of hydrogen-bond acceptors (Lipinski definition) is 5. The number of benzene rings is 1. The van der Waals surface area contributed by atoms with Gasteiger partial charge in [-0.25, -0.2) is 13.2 Å². The zero-order chi connectivity index (χ0) is 16.0. The van der Waals surface area contributed by atoms with Gasteiger partial charge in [0.25, 0.3) is 0 Å². The lowest BCUT2D eigenvalue weighted by atomic mass is 10.2. The van der Waals surface area contributed by atoms with Gasteiger partial charge in [-0.15, -0.1) is 6.42 Å². The van der Waals surface area contributed by atoms with E-state index in [4.69, 9.17) is 11.5 Å². The van der Waals surface area contributed by atoms with Crippen molar-refractivity contribution in [2.45, 2.75) is 4.90 Å². The fourth-order valence-electron chi connectivity index (χ4n) is 1.53. The van der Waals surface area contributed by atoms with Crippen molar-refractivity contribution in [1.82, 2.24) is 4.31 Å². The summed E-state index contributed by atoms with van der Waals surface area (Å²) in [5.74, 6) is 0.0539. The molecule has 0 atom stereocenters. The van der Waals surface area contributed by atoms with Gasteiger partial charge in [0.05, 0.1) is 24.1 Å². The molecule has 0 aliphatic carbocycles. The summed E-state index contributed by atoms with van der Waals surface area (Å²) in [5, 5.41) is 8.75. The highest BCUT2D eigenvalue weighted by Gasteiger charge is 2.26. The fraction of sp³-hybridized carbons (Fsp3) is 0.231. The lowest BCUT2D eigenvalue weighted by molar-refractivity contribution is -0.137. The molecule has 0 aliphatic heterocycles. The van der Waals surface area contributed by atoms with Crippen LogP contribution >= 0.6 is 0 Å². The first-order valence-electron chi connectivity index (χ1n) is 5.66. The van der Waals surface area contributed by atoms with E-state index >= 15 is 0 Å². The normalized spacial score (nSPS) is 10.9. The second-order valence-electron chi connectivity index (χ2n) is 3.89. The van der Waals surface area contributed by atoms with Crippen LogP contribution in [-0.2, 0) is 19.6 Å². The van der Waals surface area contributed by atoms with Crippen molar-refractivity contribution in [3.8, 4) is 12.3 Å². The van der Waals surface area contributed by atoms with Gasteiger partial charge >= 0.3 is 11.9 Å². The van der Waals surface area contributed by atoms with Gasteiger partial charge in [-0.1, -0.05) is 12.0 Å². The third-order valence-corrected chi connectivity index (χ3v) is 4.26. The summed E-state index contributed by atoms with van der Waals surface area (Å²) in [6.45, 7) is -1.16. The van der Waals surface area contributed by atoms with E-state index in [0.29, 0.717) is 4.31 Å². The van der Waals surface area contributed by atoms with Crippen molar-refractivity contribution >= 4 is 22.0 Å². The Morgan fingerprint density at radius 2 is 2.10 bits per heavy atom. The van der Waals surface area contributed by atoms with Crippen LogP contribution in [0.15, 0.2) is 29.2 Å². The van der Waals surface area contributed by atoms with E-state index in [1.165, 1.54) is 25.3 Å². The first kappa shape index (κ1) is 16.7. The molecule has 0 amide bonds.